The molecule has 0 amide bonds. The SMILES string of the molecule is Cc1c(O)cccc1Oc1nc2c(cc1C#N)CCC2. The van der Waals surface area contributed by atoms with Crippen LogP contribution in [0.2, 0.25) is 0 Å². The fourth-order valence-electron chi connectivity index (χ4n) is 2.43. The maximum absolute atomic E-state index is 9.69. The number of rotatable bonds is 2. The highest BCUT2D eigenvalue weighted by molar-refractivity contribution is 5.49. The van der Waals surface area contributed by atoms with E-state index in [9.17, 15) is 10.4 Å². The quantitative estimate of drug-likeness (QED) is 0.906. The molecule has 1 heterocycles. The van der Waals surface area contributed by atoms with Crippen LogP contribution in [0.3, 0.4) is 0 Å². The van der Waals surface area contributed by atoms with E-state index >= 15 is 0 Å². The number of hydrogen-bond donors (Lipinski definition) is 1. The molecule has 4 nitrogen and oxygen atoms in total. The lowest BCUT2D eigenvalue weighted by atomic mass is 10.1. The lowest BCUT2D eigenvalue weighted by molar-refractivity contribution is 0.437. The third kappa shape index (κ3) is 2.08. The normalized spacial score (nSPS) is 12.8. The van der Waals surface area contributed by atoms with Gasteiger partial charge in [-0.25, -0.2) is 4.98 Å². The van der Waals surface area contributed by atoms with E-state index in [-0.39, 0.29) is 5.75 Å². The third-order valence-corrected chi connectivity index (χ3v) is 3.60. The monoisotopic (exact) mass is 266 g/mol. The number of benzene rings is 1. The molecule has 0 unspecified atom stereocenters. The highest BCUT2D eigenvalue weighted by Gasteiger charge is 2.18. The Morgan fingerprint density at radius 3 is 3.00 bits per heavy atom. The number of aromatic hydroxyl groups is 1. The molecule has 0 atom stereocenters. The van der Waals surface area contributed by atoms with Crippen molar-refractivity contribution >= 4 is 0 Å². The molecule has 0 aliphatic heterocycles. The number of phenolic OH excluding ortho intramolecular Hbond substituents is 1. The van der Waals surface area contributed by atoms with Gasteiger partial charge in [0.2, 0.25) is 5.88 Å². The lowest BCUT2D eigenvalue weighted by Crippen LogP contribution is -1.98. The molecular formula is C16H14N2O2. The van der Waals surface area contributed by atoms with E-state index in [1.165, 1.54) is 0 Å². The Balaban J connectivity index is 2.03. The maximum atomic E-state index is 9.69. The Morgan fingerprint density at radius 2 is 2.20 bits per heavy atom. The Labute approximate surface area is 117 Å². The van der Waals surface area contributed by atoms with Gasteiger partial charge in [-0.1, -0.05) is 6.07 Å². The van der Waals surface area contributed by atoms with Crippen LogP contribution < -0.4 is 4.74 Å². The van der Waals surface area contributed by atoms with Gasteiger partial charge in [-0.15, -0.1) is 0 Å². The van der Waals surface area contributed by atoms with Crippen molar-refractivity contribution in [1.82, 2.24) is 4.98 Å². The van der Waals surface area contributed by atoms with Gasteiger partial charge in [0, 0.05) is 11.3 Å². The van der Waals surface area contributed by atoms with E-state index < -0.39 is 0 Å². The molecule has 100 valence electrons. The molecule has 1 aliphatic carbocycles. The molecule has 20 heavy (non-hydrogen) atoms. The average molecular weight is 266 g/mol. The predicted molar refractivity (Wildman–Crippen MR) is 73.9 cm³/mol. The number of nitrogens with zero attached hydrogens (tertiary/aromatic N) is 2. The first-order valence-electron chi connectivity index (χ1n) is 6.58. The topological polar surface area (TPSA) is 66.1 Å². The van der Waals surface area contributed by atoms with Crippen molar-refractivity contribution in [2.24, 2.45) is 0 Å². The van der Waals surface area contributed by atoms with Crippen LogP contribution in [0.5, 0.6) is 17.4 Å². The molecule has 1 N–H and O–H groups in total. The van der Waals surface area contributed by atoms with E-state index in [2.05, 4.69) is 11.1 Å². The summed E-state index contributed by atoms with van der Waals surface area (Å²) in [7, 11) is 0. The number of pyridine rings is 1. The maximum Gasteiger partial charge on any atom is 0.237 e. The number of ether oxygens (including phenoxy) is 1. The van der Waals surface area contributed by atoms with Gasteiger partial charge in [0.1, 0.15) is 23.1 Å². The molecule has 0 radical (unpaired) electrons. The first kappa shape index (κ1) is 12.5. The molecule has 0 saturated heterocycles. The van der Waals surface area contributed by atoms with Crippen LogP contribution in [0.1, 0.15) is 28.8 Å². The van der Waals surface area contributed by atoms with Crippen LogP contribution in [0.4, 0.5) is 0 Å². The van der Waals surface area contributed by atoms with Crippen molar-refractivity contribution in [3.8, 4) is 23.4 Å². The van der Waals surface area contributed by atoms with Gasteiger partial charge in [-0.2, -0.15) is 5.26 Å². The van der Waals surface area contributed by atoms with Crippen LogP contribution in [-0.4, -0.2) is 10.1 Å². The van der Waals surface area contributed by atoms with E-state index in [1.807, 2.05) is 6.07 Å². The predicted octanol–water partition coefficient (Wildman–Crippen LogP) is 3.25. The highest BCUT2D eigenvalue weighted by Crippen LogP contribution is 2.33. The summed E-state index contributed by atoms with van der Waals surface area (Å²) < 4.78 is 5.74. The molecular weight excluding hydrogens is 252 g/mol. The molecule has 1 aromatic carbocycles. The van der Waals surface area contributed by atoms with Gasteiger partial charge in [-0.3, -0.25) is 0 Å². The van der Waals surface area contributed by atoms with Gasteiger partial charge in [0.15, 0.2) is 0 Å². The number of phenols is 1. The van der Waals surface area contributed by atoms with E-state index in [4.69, 9.17) is 4.74 Å². The second-order valence-electron chi connectivity index (χ2n) is 4.91. The number of aryl methyl sites for hydroxylation is 2. The molecule has 0 saturated carbocycles. The summed E-state index contributed by atoms with van der Waals surface area (Å²) in [5.74, 6) is 1.01. The van der Waals surface area contributed by atoms with Crippen molar-refractivity contribution in [1.29, 1.82) is 5.26 Å². The van der Waals surface area contributed by atoms with E-state index in [0.29, 0.717) is 22.8 Å². The summed E-state index contributed by atoms with van der Waals surface area (Å²) in [4.78, 5) is 4.46. The fourth-order valence-corrected chi connectivity index (χ4v) is 2.43. The Bertz CT molecular complexity index is 717. The van der Waals surface area contributed by atoms with Crippen LogP contribution in [0.25, 0.3) is 0 Å². The lowest BCUT2D eigenvalue weighted by Gasteiger charge is -2.11. The number of aromatic nitrogens is 1. The zero-order valence-electron chi connectivity index (χ0n) is 11.2. The summed E-state index contributed by atoms with van der Waals surface area (Å²) in [6.45, 7) is 1.77. The second-order valence-corrected chi connectivity index (χ2v) is 4.91. The molecule has 1 aliphatic rings. The first-order chi connectivity index (χ1) is 9.69. The number of hydrogen-bond acceptors (Lipinski definition) is 4. The van der Waals surface area contributed by atoms with Crippen molar-refractivity contribution in [2.45, 2.75) is 26.2 Å². The minimum Gasteiger partial charge on any atom is -0.508 e. The summed E-state index contributed by atoms with van der Waals surface area (Å²) >= 11 is 0. The molecule has 2 aromatic rings. The first-order valence-corrected chi connectivity index (χ1v) is 6.58. The molecule has 1 aromatic heterocycles. The minimum atomic E-state index is 0.169. The van der Waals surface area contributed by atoms with Crippen molar-refractivity contribution < 1.29 is 9.84 Å². The van der Waals surface area contributed by atoms with Crippen LogP contribution in [0, 0.1) is 18.3 Å². The minimum absolute atomic E-state index is 0.169. The van der Waals surface area contributed by atoms with Gasteiger partial charge in [0.05, 0.1) is 0 Å². The summed E-state index contributed by atoms with van der Waals surface area (Å²) in [5.41, 5.74) is 3.23. The molecule has 0 fully saturated rings. The van der Waals surface area contributed by atoms with Crippen LogP contribution in [-0.2, 0) is 12.8 Å². The van der Waals surface area contributed by atoms with E-state index in [0.717, 1.165) is 30.5 Å². The van der Waals surface area contributed by atoms with E-state index in [1.54, 1.807) is 25.1 Å². The second kappa shape index (κ2) is 4.86. The molecule has 4 heteroatoms. The smallest absolute Gasteiger partial charge is 0.237 e. The van der Waals surface area contributed by atoms with Gasteiger partial charge >= 0.3 is 0 Å². The number of nitriles is 1. The summed E-state index contributed by atoms with van der Waals surface area (Å²) in [6.07, 6.45) is 2.97. The highest BCUT2D eigenvalue weighted by atomic mass is 16.5. The largest absolute Gasteiger partial charge is 0.508 e. The van der Waals surface area contributed by atoms with Crippen LogP contribution >= 0.6 is 0 Å². The van der Waals surface area contributed by atoms with Crippen molar-refractivity contribution in [3.05, 3.63) is 46.6 Å². The summed E-state index contributed by atoms with van der Waals surface area (Å²) in [6, 6.07) is 9.05. The zero-order chi connectivity index (χ0) is 14.1. The van der Waals surface area contributed by atoms with Crippen molar-refractivity contribution in [3.63, 3.8) is 0 Å². The zero-order valence-corrected chi connectivity index (χ0v) is 11.2. The number of fused-ring (bicyclic) bond motifs is 1. The van der Waals surface area contributed by atoms with Crippen LogP contribution in [0.15, 0.2) is 24.3 Å². The average Bonchev–Trinajstić information content (AvgIpc) is 2.90. The third-order valence-electron chi connectivity index (χ3n) is 3.60. The van der Waals surface area contributed by atoms with Gasteiger partial charge < -0.3 is 9.84 Å². The molecule has 3 rings (SSSR count). The van der Waals surface area contributed by atoms with Crippen molar-refractivity contribution in [2.75, 3.05) is 0 Å². The molecule has 0 spiro atoms. The summed E-state index contributed by atoms with van der Waals surface area (Å²) in [5, 5.41) is 18.9. The molecule has 0 bridgehead atoms. The van der Waals surface area contributed by atoms with Gasteiger partial charge in [0.25, 0.3) is 0 Å². The fraction of sp³-hybridized carbons (Fsp3) is 0.250. The Kier molecular flexibility index (Phi) is 3.03. The Hall–Kier alpha value is -2.54. The Morgan fingerprint density at radius 1 is 1.35 bits per heavy atom. The standard InChI is InChI=1S/C16H14N2O2/c1-10-14(19)6-3-7-15(10)20-16-12(9-17)8-11-4-2-5-13(11)18-16/h3,6-8,19H,2,4-5H2,1H3. The van der Waals surface area contributed by atoms with Gasteiger partial charge in [-0.05, 0) is 49.9 Å².